The maximum Gasteiger partial charge on any atom is 0.416 e. The van der Waals surface area contributed by atoms with Gasteiger partial charge >= 0.3 is 6.18 Å². The number of ether oxygens (including phenoxy) is 1. The maximum atomic E-state index is 13.4. The summed E-state index contributed by atoms with van der Waals surface area (Å²) in [4.78, 5) is 29.5. The minimum atomic E-state index is -4.52. The first kappa shape index (κ1) is 24.1. The Hall–Kier alpha value is -3.07. The lowest BCUT2D eigenvalue weighted by Gasteiger charge is -2.33. The Morgan fingerprint density at radius 3 is 2.47 bits per heavy atom. The van der Waals surface area contributed by atoms with Crippen LogP contribution in [0, 0.1) is 5.92 Å². The summed E-state index contributed by atoms with van der Waals surface area (Å²) in [5.41, 5.74) is 0.758. The van der Waals surface area contributed by atoms with Gasteiger partial charge in [0.2, 0.25) is 11.8 Å². The highest BCUT2D eigenvalue weighted by atomic mass is 19.4. The first-order chi connectivity index (χ1) is 16.3. The van der Waals surface area contributed by atoms with Gasteiger partial charge in [0.15, 0.2) is 0 Å². The topological polar surface area (TPSA) is 61.9 Å². The van der Waals surface area contributed by atoms with E-state index < -0.39 is 17.7 Å². The SMILES string of the molecule is O=C(Nc1cc(C(F)(F)F)ccc1N1CCOCC1)C1CCCN(C(=O)Cc2ccccc2)C1. The van der Waals surface area contributed by atoms with Crippen LogP contribution in [0.3, 0.4) is 0 Å². The molecule has 1 atom stereocenters. The van der Waals surface area contributed by atoms with Crippen molar-refractivity contribution in [2.75, 3.05) is 49.6 Å². The van der Waals surface area contributed by atoms with E-state index in [9.17, 15) is 22.8 Å². The quantitative estimate of drug-likeness (QED) is 0.711. The van der Waals surface area contributed by atoms with Gasteiger partial charge in [0, 0.05) is 26.2 Å². The van der Waals surface area contributed by atoms with Gasteiger partial charge < -0.3 is 19.9 Å². The van der Waals surface area contributed by atoms with Crippen molar-refractivity contribution < 1.29 is 27.5 Å². The average Bonchev–Trinajstić information content (AvgIpc) is 2.84. The molecule has 2 aliphatic rings. The highest BCUT2D eigenvalue weighted by Crippen LogP contribution is 2.36. The van der Waals surface area contributed by atoms with Gasteiger partial charge in [0.1, 0.15) is 0 Å². The highest BCUT2D eigenvalue weighted by molar-refractivity contribution is 5.96. The molecule has 0 spiro atoms. The summed E-state index contributed by atoms with van der Waals surface area (Å²) >= 11 is 0. The summed E-state index contributed by atoms with van der Waals surface area (Å²) in [6.07, 6.45) is -3.02. The number of morpholine rings is 1. The number of rotatable bonds is 5. The first-order valence-corrected chi connectivity index (χ1v) is 11.5. The van der Waals surface area contributed by atoms with Crippen molar-refractivity contribution in [3.8, 4) is 0 Å². The standard InChI is InChI=1S/C25H28F3N3O3/c26-25(27,28)20-8-9-22(30-11-13-34-14-12-30)21(16-20)29-24(33)19-7-4-10-31(17-19)23(32)15-18-5-2-1-3-6-18/h1-3,5-6,8-9,16,19H,4,7,10-15,17H2,(H,29,33). The van der Waals surface area contributed by atoms with Crippen molar-refractivity contribution in [2.24, 2.45) is 5.92 Å². The Morgan fingerprint density at radius 2 is 1.76 bits per heavy atom. The largest absolute Gasteiger partial charge is 0.416 e. The summed E-state index contributed by atoms with van der Waals surface area (Å²) < 4.78 is 45.4. The van der Waals surface area contributed by atoms with Crippen LogP contribution in [0.2, 0.25) is 0 Å². The average molecular weight is 476 g/mol. The summed E-state index contributed by atoms with van der Waals surface area (Å²) in [6.45, 7) is 2.81. The van der Waals surface area contributed by atoms with E-state index >= 15 is 0 Å². The zero-order valence-corrected chi connectivity index (χ0v) is 18.8. The predicted molar refractivity (Wildman–Crippen MR) is 123 cm³/mol. The number of benzene rings is 2. The molecule has 9 heteroatoms. The van der Waals surface area contributed by atoms with Gasteiger partial charge in [-0.2, -0.15) is 13.2 Å². The minimum absolute atomic E-state index is 0.0585. The van der Waals surface area contributed by atoms with E-state index in [4.69, 9.17) is 4.74 Å². The second-order valence-electron chi connectivity index (χ2n) is 8.66. The molecule has 2 aromatic carbocycles. The van der Waals surface area contributed by atoms with Crippen LogP contribution in [-0.2, 0) is 26.9 Å². The molecule has 2 fully saturated rings. The minimum Gasteiger partial charge on any atom is -0.378 e. The van der Waals surface area contributed by atoms with E-state index in [1.165, 1.54) is 6.07 Å². The molecule has 0 saturated carbocycles. The number of hydrogen-bond donors (Lipinski definition) is 1. The molecule has 2 amide bonds. The third-order valence-corrected chi connectivity index (χ3v) is 6.28. The molecule has 4 rings (SSSR count). The van der Waals surface area contributed by atoms with Crippen LogP contribution in [0.25, 0.3) is 0 Å². The van der Waals surface area contributed by atoms with Crippen molar-refractivity contribution in [2.45, 2.75) is 25.4 Å². The van der Waals surface area contributed by atoms with Crippen LogP contribution in [0.4, 0.5) is 24.5 Å². The number of anilines is 2. The molecule has 1 unspecified atom stereocenters. The van der Waals surface area contributed by atoms with Crippen LogP contribution >= 0.6 is 0 Å². The molecule has 2 aliphatic heterocycles. The van der Waals surface area contributed by atoms with E-state index in [1.807, 2.05) is 35.2 Å². The molecule has 2 heterocycles. The van der Waals surface area contributed by atoms with Gasteiger partial charge in [0.05, 0.1) is 42.5 Å². The van der Waals surface area contributed by atoms with E-state index in [0.717, 1.165) is 17.7 Å². The van der Waals surface area contributed by atoms with Crippen LogP contribution in [-0.4, -0.2) is 56.1 Å². The van der Waals surface area contributed by atoms with Crippen LogP contribution in [0.1, 0.15) is 24.0 Å². The second kappa shape index (κ2) is 10.5. The number of carbonyl (C=O) groups excluding carboxylic acids is 2. The summed E-state index contributed by atoms with van der Waals surface area (Å²) in [5.74, 6) is -0.914. The molecule has 6 nitrogen and oxygen atoms in total. The van der Waals surface area contributed by atoms with Crippen molar-refractivity contribution in [3.63, 3.8) is 0 Å². The fraction of sp³-hybridized carbons (Fsp3) is 0.440. The molecule has 0 radical (unpaired) electrons. The molecule has 0 aromatic heterocycles. The monoisotopic (exact) mass is 475 g/mol. The van der Waals surface area contributed by atoms with Crippen molar-refractivity contribution >= 4 is 23.2 Å². The lowest BCUT2D eigenvalue weighted by atomic mass is 9.96. The molecule has 1 N–H and O–H groups in total. The lowest BCUT2D eigenvalue weighted by Crippen LogP contribution is -2.44. The van der Waals surface area contributed by atoms with Crippen molar-refractivity contribution in [3.05, 3.63) is 59.7 Å². The van der Waals surface area contributed by atoms with E-state index in [2.05, 4.69) is 5.32 Å². The maximum absolute atomic E-state index is 13.4. The zero-order chi connectivity index (χ0) is 24.1. The number of alkyl halides is 3. The number of amides is 2. The second-order valence-corrected chi connectivity index (χ2v) is 8.66. The molecule has 0 bridgehead atoms. The first-order valence-electron chi connectivity index (χ1n) is 11.5. The smallest absolute Gasteiger partial charge is 0.378 e. The van der Waals surface area contributed by atoms with E-state index in [-0.39, 0.29) is 30.5 Å². The normalized spacial score (nSPS) is 19.1. The Bertz CT molecular complexity index is 1010. The van der Waals surface area contributed by atoms with Crippen molar-refractivity contribution in [1.82, 2.24) is 4.90 Å². The Morgan fingerprint density at radius 1 is 1.03 bits per heavy atom. The molecular weight excluding hydrogens is 447 g/mol. The Kier molecular flexibility index (Phi) is 7.41. The number of likely N-dealkylation sites (tertiary alicyclic amines) is 1. The number of nitrogens with one attached hydrogen (secondary N) is 1. The third-order valence-electron chi connectivity index (χ3n) is 6.28. The number of halogens is 3. The molecule has 2 saturated heterocycles. The zero-order valence-electron chi connectivity index (χ0n) is 18.8. The number of piperidine rings is 1. The van der Waals surface area contributed by atoms with Gasteiger partial charge in [-0.15, -0.1) is 0 Å². The fourth-order valence-corrected chi connectivity index (χ4v) is 4.43. The third kappa shape index (κ3) is 5.88. The van der Waals surface area contributed by atoms with Crippen molar-refractivity contribution in [1.29, 1.82) is 0 Å². The highest BCUT2D eigenvalue weighted by Gasteiger charge is 2.33. The fourth-order valence-electron chi connectivity index (χ4n) is 4.43. The van der Waals surface area contributed by atoms with E-state index in [1.54, 1.807) is 4.90 Å². The summed E-state index contributed by atoms with van der Waals surface area (Å²) in [7, 11) is 0. The van der Waals surface area contributed by atoms with Gasteiger partial charge in [-0.1, -0.05) is 30.3 Å². The molecule has 34 heavy (non-hydrogen) atoms. The Balaban J connectivity index is 1.48. The number of nitrogens with zero attached hydrogens (tertiary/aromatic N) is 2. The molecule has 2 aromatic rings. The van der Waals surface area contributed by atoms with Gasteiger partial charge in [0.25, 0.3) is 0 Å². The van der Waals surface area contributed by atoms with Crippen LogP contribution in [0.5, 0.6) is 0 Å². The van der Waals surface area contributed by atoms with E-state index in [0.29, 0.717) is 51.4 Å². The van der Waals surface area contributed by atoms with Crippen LogP contribution < -0.4 is 10.2 Å². The Labute approximate surface area is 196 Å². The molecule has 0 aliphatic carbocycles. The number of hydrogen-bond acceptors (Lipinski definition) is 4. The van der Waals surface area contributed by atoms with Gasteiger partial charge in [-0.3, -0.25) is 9.59 Å². The van der Waals surface area contributed by atoms with Crippen LogP contribution in [0.15, 0.2) is 48.5 Å². The van der Waals surface area contributed by atoms with Gasteiger partial charge in [-0.05, 0) is 36.6 Å². The predicted octanol–water partition coefficient (Wildman–Crippen LogP) is 3.96. The van der Waals surface area contributed by atoms with Gasteiger partial charge in [-0.25, -0.2) is 0 Å². The summed E-state index contributed by atoms with van der Waals surface area (Å²) in [6, 6.07) is 12.8. The molecular formula is C25H28F3N3O3. The number of carbonyl (C=O) groups is 2. The summed E-state index contributed by atoms with van der Waals surface area (Å²) in [5, 5.41) is 2.74. The lowest BCUT2D eigenvalue weighted by molar-refractivity contribution is -0.138. The molecule has 182 valence electrons.